The van der Waals surface area contributed by atoms with Crippen molar-refractivity contribution in [2.45, 2.75) is 132 Å². The SMILES string of the molecule is CC(C)(C(=O)O)S(=O)(=O)C1CCOCC1.Cc1ncc(C(C)(C)c2cc(CC(=O)C(C)(C)S(=O)(=O)C3CCOCC3)on2)o1.Cc1ncc(C(C)(C)c2cc(N)on2)o1. The van der Waals surface area contributed by atoms with Gasteiger partial charge in [-0.1, -0.05) is 10.3 Å². The summed E-state index contributed by atoms with van der Waals surface area (Å²) in [6, 6.07) is 3.37. The number of carbonyl (C=O) groups is 2. The van der Waals surface area contributed by atoms with Crippen LogP contribution in [0.5, 0.6) is 0 Å². The largest absolute Gasteiger partial charge is 0.480 e. The van der Waals surface area contributed by atoms with Gasteiger partial charge in [0.25, 0.3) is 0 Å². The number of carbonyl (C=O) groups excluding carboxylic acids is 1. The Morgan fingerprint density at radius 2 is 1.10 bits per heavy atom. The van der Waals surface area contributed by atoms with Crippen LogP contribution in [0.25, 0.3) is 0 Å². The van der Waals surface area contributed by atoms with E-state index in [1.54, 1.807) is 38.4 Å². The number of nitrogens with two attached hydrogens (primary N) is 1. The number of hydrogen-bond acceptors (Lipinski definition) is 17. The van der Waals surface area contributed by atoms with E-state index in [4.69, 9.17) is 38.2 Å². The molecule has 0 aromatic carbocycles. The van der Waals surface area contributed by atoms with Gasteiger partial charge in [-0.2, -0.15) is 0 Å². The molecule has 0 amide bonds. The predicted molar refractivity (Wildman–Crippen MR) is 214 cm³/mol. The minimum Gasteiger partial charge on any atom is -0.480 e. The zero-order chi connectivity index (χ0) is 44.2. The highest BCUT2D eigenvalue weighted by Crippen LogP contribution is 2.34. The molecular weight excluding hydrogens is 811 g/mol. The van der Waals surface area contributed by atoms with Crippen LogP contribution in [0, 0.1) is 13.8 Å². The van der Waals surface area contributed by atoms with E-state index in [0.717, 1.165) is 11.5 Å². The Kier molecular flexibility index (Phi) is 14.5. The van der Waals surface area contributed by atoms with Crippen molar-refractivity contribution in [2.75, 3.05) is 32.2 Å². The highest BCUT2D eigenvalue weighted by atomic mass is 32.2. The van der Waals surface area contributed by atoms with Gasteiger partial charge in [0.15, 0.2) is 42.0 Å². The second-order valence-corrected chi connectivity index (χ2v) is 22.2. The standard InChI is InChI=1S/C20H28N2O6S.C10H13N3O2.C9H16O5S/c1-13-21-12-18(27-13)19(2,3)16-10-14(28-22-16)11-17(23)20(4,5)29(24,25)15-6-8-26-9-7-15;1-6-12-5-8(14-6)10(2,3)7-4-9(11)15-13-7;1-9(2,8(10)11)15(12,13)7-3-5-14-6-4-7/h10,12,15H,6-9,11H2,1-5H3;4-5H,11H2,1-3H3;7H,3-6H2,1-2H3,(H,10,11). The maximum absolute atomic E-state index is 13.0. The number of anilines is 1. The third-order valence-electron chi connectivity index (χ3n) is 11.0. The van der Waals surface area contributed by atoms with Crippen LogP contribution in [-0.4, -0.2) is 100 Å². The van der Waals surface area contributed by atoms with Crippen LogP contribution >= 0.6 is 0 Å². The summed E-state index contributed by atoms with van der Waals surface area (Å²) in [5, 5.41) is 15.7. The lowest BCUT2D eigenvalue weighted by Crippen LogP contribution is -2.48. The van der Waals surface area contributed by atoms with Gasteiger partial charge in [0.05, 0.1) is 51.5 Å². The first-order chi connectivity index (χ1) is 27.3. The number of ketones is 1. The van der Waals surface area contributed by atoms with Gasteiger partial charge in [0.1, 0.15) is 22.0 Å². The van der Waals surface area contributed by atoms with E-state index in [0.29, 0.717) is 87.0 Å². The fourth-order valence-electron chi connectivity index (χ4n) is 6.29. The van der Waals surface area contributed by atoms with Gasteiger partial charge in [0, 0.05) is 52.4 Å². The quantitative estimate of drug-likeness (QED) is 0.187. The van der Waals surface area contributed by atoms with Crippen molar-refractivity contribution in [3.05, 3.63) is 65.0 Å². The zero-order valence-corrected chi connectivity index (χ0v) is 37.0. The third-order valence-corrected chi connectivity index (χ3v) is 16.9. The minimum absolute atomic E-state index is 0.145. The number of carboxylic acids is 1. The highest BCUT2D eigenvalue weighted by molar-refractivity contribution is 7.94. The number of hydrogen-bond donors (Lipinski definition) is 2. The number of Topliss-reactive ketones (excluding diaryl/α,β-unsaturated/α-hetero) is 1. The first kappa shape index (κ1) is 47.3. The van der Waals surface area contributed by atoms with Crippen LogP contribution in [-0.2, 0) is 56.0 Å². The summed E-state index contributed by atoms with van der Waals surface area (Å²) in [5.74, 6) is 1.46. The molecule has 328 valence electrons. The Bertz CT molecular complexity index is 2230. The Hall–Kier alpha value is -4.40. The molecular formula is C39H57N5O13S2. The number of nitrogen functional groups attached to an aromatic ring is 1. The Balaban J connectivity index is 0.000000215. The summed E-state index contributed by atoms with van der Waals surface area (Å²) in [7, 11) is -7.30. The molecule has 6 rings (SSSR count). The molecule has 0 radical (unpaired) electrons. The van der Waals surface area contributed by atoms with E-state index in [9.17, 15) is 26.4 Å². The van der Waals surface area contributed by atoms with Gasteiger partial charge in [0.2, 0.25) is 5.88 Å². The second kappa shape index (κ2) is 18.1. The summed E-state index contributed by atoms with van der Waals surface area (Å²) in [6.45, 7) is 18.3. The van der Waals surface area contributed by atoms with Crippen molar-refractivity contribution in [1.82, 2.24) is 20.3 Å². The molecule has 2 aliphatic heterocycles. The molecule has 0 atom stereocenters. The van der Waals surface area contributed by atoms with Crippen molar-refractivity contribution in [3.63, 3.8) is 0 Å². The molecule has 2 fully saturated rings. The van der Waals surface area contributed by atoms with E-state index in [1.165, 1.54) is 27.7 Å². The molecule has 20 heteroatoms. The van der Waals surface area contributed by atoms with E-state index in [1.807, 2.05) is 27.7 Å². The molecule has 6 heterocycles. The zero-order valence-electron chi connectivity index (χ0n) is 35.4. The maximum atomic E-state index is 13.0. The van der Waals surface area contributed by atoms with Crippen molar-refractivity contribution in [3.8, 4) is 0 Å². The Labute approximate surface area is 344 Å². The normalized spacial score (nSPS) is 16.4. The second-order valence-electron chi connectivity index (χ2n) is 16.7. The van der Waals surface area contributed by atoms with Crippen molar-refractivity contribution in [2.24, 2.45) is 0 Å². The molecule has 0 aliphatic carbocycles. The minimum atomic E-state index is -3.66. The lowest BCUT2D eigenvalue weighted by molar-refractivity contribution is -0.139. The van der Waals surface area contributed by atoms with Gasteiger partial charge >= 0.3 is 5.97 Å². The van der Waals surface area contributed by atoms with Crippen LogP contribution < -0.4 is 5.73 Å². The molecule has 18 nitrogen and oxygen atoms in total. The third kappa shape index (κ3) is 10.3. The van der Waals surface area contributed by atoms with Gasteiger partial charge < -0.3 is 38.2 Å². The van der Waals surface area contributed by atoms with E-state index in [-0.39, 0.29) is 11.8 Å². The number of rotatable bonds is 12. The van der Waals surface area contributed by atoms with Gasteiger partial charge in [-0.05, 0) is 81.1 Å². The van der Waals surface area contributed by atoms with E-state index in [2.05, 4.69) is 20.3 Å². The average Bonchev–Trinajstić information content (AvgIpc) is 4.02. The highest BCUT2D eigenvalue weighted by Gasteiger charge is 2.48. The number of ether oxygens (including phenoxy) is 2. The van der Waals surface area contributed by atoms with Crippen LogP contribution in [0.1, 0.15) is 122 Å². The van der Waals surface area contributed by atoms with Crippen molar-refractivity contribution in [1.29, 1.82) is 0 Å². The molecule has 4 aromatic rings. The smallest absolute Gasteiger partial charge is 0.324 e. The monoisotopic (exact) mass is 867 g/mol. The molecule has 2 saturated heterocycles. The molecule has 0 bridgehead atoms. The Morgan fingerprint density at radius 1 is 0.695 bits per heavy atom. The summed E-state index contributed by atoms with van der Waals surface area (Å²) >= 11 is 0. The van der Waals surface area contributed by atoms with Crippen LogP contribution in [0.15, 0.2) is 42.4 Å². The fraction of sp³-hybridized carbons (Fsp3) is 0.641. The van der Waals surface area contributed by atoms with Gasteiger partial charge in [-0.25, -0.2) is 26.8 Å². The molecule has 4 aromatic heterocycles. The lowest BCUT2D eigenvalue weighted by Gasteiger charge is -2.30. The number of aromatic nitrogens is 4. The number of sulfone groups is 2. The van der Waals surface area contributed by atoms with Crippen LogP contribution in [0.3, 0.4) is 0 Å². The maximum Gasteiger partial charge on any atom is 0.324 e. The Morgan fingerprint density at radius 3 is 1.47 bits per heavy atom. The molecule has 0 saturated carbocycles. The summed E-state index contributed by atoms with van der Waals surface area (Å²) < 4.78 is 78.5. The summed E-state index contributed by atoms with van der Waals surface area (Å²) in [5.41, 5.74) is 5.81. The predicted octanol–water partition coefficient (Wildman–Crippen LogP) is 5.10. The molecule has 2 aliphatic rings. The number of carboxylic acid groups (broad SMARTS) is 1. The van der Waals surface area contributed by atoms with Gasteiger partial charge in [-0.15, -0.1) is 0 Å². The topological polar surface area (TPSA) is 271 Å². The summed E-state index contributed by atoms with van der Waals surface area (Å²) in [4.78, 5) is 32.0. The summed E-state index contributed by atoms with van der Waals surface area (Å²) in [6.07, 6.45) is 4.79. The molecule has 3 N–H and O–H groups in total. The van der Waals surface area contributed by atoms with Crippen LogP contribution in [0.4, 0.5) is 5.88 Å². The van der Waals surface area contributed by atoms with Gasteiger partial charge in [-0.3, -0.25) is 9.59 Å². The number of aryl methyl sites for hydroxylation is 2. The fourth-order valence-corrected chi connectivity index (χ4v) is 10.2. The first-order valence-electron chi connectivity index (χ1n) is 19.2. The average molecular weight is 868 g/mol. The van der Waals surface area contributed by atoms with E-state index < -0.39 is 56.8 Å². The molecule has 0 unspecified atom stereocenters. The first-order valence-corrected chi connectivity index (χ1v) is 22.3. The lowest BCUT2D eigenvalue weighted by atomic mass is 9.86. The number of aliphatic carboxylic acids is 1. The molecule has 0 spiro atoms. The number of oxazole rings is 2. The van der Waals surface area contributed by atoms with E-state index >= 15 is 0 Å². The van der Waals surface area contributed by atoms with Crippen molar-refractivity contribution >= 4 is 37.3 Å². The van der Waals surface area contributed by atoms with Crippen molar-refractivity contribution < 1.29 is 58.9 Å². The molecule has 59 heavy (non-hydrogen) atoms. The van der Waals surface area contributed by atoms with Crippen LogP contribution in [0.2, 0.25) is 0 Å². The number of nitrogens with zero attached hydrogens (tertiary/aromatic N) is 4.